The highest BCUT2D eigenvalue weighted by Crippen LogP contribution is 2.08. The van der Waals surface area contributed by atoms with E-state index in [4.69, 9.17) is 16.3 Å². The lowest BCUT2D eigenvalue weighted by Crippen LogP contribution is -2.42. The van der Waals surface area contributed by atoms with Gasteiger partial charge in [-0.3, -0.25) is 0 Å². The van der Waals surface area contributed by atoms with Crippen molar-refractivity contribution < 1.29 is 9.53 Å². The number of ether oxygens (including phenoxy) is 1. The van der Waals surface area contributed by atoms with Gasteiger partial charge in [0.05, 0.1) is 0 Å². The van der Waals surface area contributed by atoms with Crippen LogP contribution in [0.2, 0.25) is 0 Å². The molecule has 90 valence electrons. The van der Waals surface area contributed by atoms with Crippen LogP contribution in [-0.4, -0.2) is 29.8 Å². The van der Waals surface area contributed by atoms with E-state index in [0.29, 0.717) is 13.1 Å². The molecule has 0 atom stereocenters. The number of carbonyl (C=O) groups is 1. The van der Waals surface area contributed by atoms with E-state index in [1.807, 2.05) is 20.8 Å². The molecule has 0 saturated heterocycles. The fourth-order valence-corrected chi connectivity index (χ4v) is 1.02. The van der Waals surface area contributed by atoms with E-state index in [1.165, 1.54) is 0 Å². The van der Waals surface area contributed by atoms with Crippen molar-refractivity contribution in [3.8, 4) is 0 Å². The molecule has 0 radical (unpaired) electrons. The van der Waals surface area contributed by atoms with Crippen molar-refractivity contribution >= 4 is 6.09 Å². The van der Waals surface area contributed by atoms with Crippen molar-refractivity contribution in [1.29, 1.82) is 0 Å². The van der Waals surface area contributed by atoms with Gasteiger partial charge in [-0.15, -0.1) is 0 Å². The Morgan fingerprint density at radius 2 is 1.87 bits per heavy atom. The Kier molecular flexibility index (Phi) is 6.27. The van der Waals surface area contributed by atoms with E-state index in [0.717, 1.165) is 24.3 Å². The van der Waals surface area contributed by atoms with Crippen LogP contribution in [0.4, 0.5) is 4.79 Å². The molecule has 0 heterocycles. The fraction of sp³-hybridized carbons (Fsp3) is 0.900. The monoisotopic (exact) mass is 217 g/mol. The van der Waals surface area contributed by atoms with Crippen LogP contribution in [0.5, 0.6) is 0 Å². The Labute approximate surface area is 91.7 Å². The molecular formula is C10H23N3O2. The summed E-state index contributed by atoms with van der Waals surface area (Å²) < 4.78 is 5.09. The number of rotatable bonds is 5. The number of hydrogen-bond donors (Lipinski definition) is 2. The third kappa shape index (κ3) is 8.20. The van der Waals surface area contributed by atoms with Gasteiger partial charge in [0.2, 0.25) is 0 Å². The van der Waals surface area contributed by atoms with Crippen LogP contribution in [0.1, 0.15) is 40.0 Å². The second kappa shape index (κ2) is 6.63. The maximum absolute atomic E-state index is 11.4. The zero-order valence-electron chi connectivity index (χ0n) is 9.95. The third-order valence-electron chi connectivity index (χ3n) is 1.73. The van der Waals surface area contributed by atoms with Crippen LogP contribution < -0.4 is 11.6 Å². The fourth-order valence-electron chi connectivity index (χ4n) is 1.02. The molecule has 0 unspecified atom stereocenters. The summed E-state index contributed by atoms with van der Waals surface area (Å²) in [6.07, 6.45) is 2.32. The van der Waals surface area contributed by atoms with Crippen molar-refractivity contribution in [2.75, 3.05) is 13.1 Å². The quantitative estimate of drug-likeness (QED) is 0.314. The maximum atomic E-state index is 11.4. The lowest BCUT2D eigenvalue weighted by molar-refractivity contribution is 0.0245. The minimum Gasteiger partial charge on any atom is -0.443 e. The minimum atomic E-state index is -0.494. The van der Waals surface area contributed by atoms with Gasteiger partial charge in [0.1, 0.15) is 5.60 Å². The zero-order valence-corrected chi connectivity index (χ0v) is 9.95. The number of nitrogens with zero attached hydrogens (tertiary/aromatic N) is 1. The molecule has 15 heavy (non-hydrogen) atoms. The molecule has 0 aromatic carbocycles. The number of unbranched alkanes of at least 4 members (excludes halogenated alkanes) is 2. The molecule has 5 nitrogen and oxygen atoms in total. The summed E-state index contributed by atoms with van der Waals surface area (Å²) in [5.41, 5.74) is 4.86. The molecule has 0 aliphatic carbocycles. The summed E-state index contributed by atoms with van der Waals surface area (Å²) in [7, 11) is 0. The van der Waals surface area contributed by atoms with Crippen LogP contribution >= 0.6 is 0 Å². The Balaban J connectivity index is 3.70. The molecule has 4 N–H and O–H groups in total. The van der Waals surface area contributed by atoms with E-state index in [9.17, 15) is 4.79 Å². The molecule has 0 rings (SSSR count). The second-order valence-electron chi connectivity index (χ2n) is 4.52. The molecule has 5 heteroatoms. The first-order valence-electron chi connectivity index (χ1n) is 5.32. The SMILES string of the molecule is CC(C)(C)OC(=O)N(N)CCCCCN. The summed E-state index contributed by atoms with van der Waals surface area (Å²) >= 11 is 0. The average Bonchev–Trinajstić information content (AvgIpc) is 2.09. The largest absolute Gasteiger partial charge is 0.443 e. The molecule has 0 aromatic rings. The van der Waals surface area contributed by atoms with Crippen LogP contribution in [0.15, 0.2) is 0 Å². The zero-order chi connectivity index (χ0) is 11.9. The van der Waals surface area contributed by atoms with Gasteiger partial charge in [0.25, 0.3) is 0 Å². The molecule has 1 amide bonds. The molecule has 0 saturated carbocycles. The molecule has 0 aliphatic heterocycles. The van der Waals surface area contributed by atoms with Gasteiger partial charge in [-0.25, -0.2) is 15.6 Å². The van der Waals surface area contributed by atoms with E-state index in [1.54, 1.807) is 0 Å². The van der Waals surface area contributed by atoms with Gasteiger partial charge in [-0.1, -0.05) is 6.42 Å². The van der Waals surface area contributed by atoms with Crippen LogP contribution in [0.3, 0.4) is 0 Å². The number of carbonyl (C=O) groups excluding carboxylic acids is 1. The number of nitrogens with two attached hydrogens (primary N) is 2. The van der Waals surface area contributed by atoms with Crippen LogP contribution in [0.25, 0.3) is 0 Å². The number of hydrogen-bond acceptors (Lipinski definition) is 4. The van der Waals surface area contributed by atoms with Crippen LogP contribution in [0, 0.1) is 0 Å². The van der Waals surface area contributed by atoms with Crippen molar-refractivity contribution in [2.45, 2.75) is 45.6 Å². The van der Waals surface area contributed by atoms with E-state index in [-0.39, 0.29) is 0 Å². The minimum absolute atomic E-state index is 0.477. The molecule has 0 fully saturated rings. The lowest BCUT2D eigenvalue weighted by Gasteiger charge is -2.24. The van der Waals surface area contributed by atoms with Gasteiger partial charge in [0.15, 0.2) is 0 Å². The normalized spacial score (nSPS) is 11.3. The van der Waals surface area contributed by atoms with E-state index >= 15 is 0 Å². The first kappa shape index (κ1) is 14.2. The average molecular weight is 217 g/mol. The van der Waals surface area contributed by atoms with Gasteiger partial charge in [0, 0.05) is 6.54 Å². The number of hydrazine groups is 1. The predicted octanol–water partition coefficient (Wildman–Crippen LogP) is 1.23. The Morgan fingerprint density at radius 1 is 1.27 bits per heavy atom. The predicted molar refractivity (Wildman–Crippen MR) is 60.0 cm³/mol. The first-order chi connectivity index (χ1) is 6.87. The smallest absolute Gasteiger partial charge is 0.424 e. The molecule has 0 aromatic heterocycles. The van der Waals surface area contributed by atoms with Crippen molar-refractivity contribution in [1.82, 2.24) is 5.01 Å². The standard InChI is InChI=1S/C10H23N3O2/c1-10(2,3)15-9(14)13(12)8-6-4-5-7-11/h4-8,11-12H2,1-3H3. The Morgan fingerprint density at radius 3 is 2.33 bits per heavy atom. The summed E-state index contributed by atoms with van der Waals surface area (Å²) in [4.78, 5) is 11.4. The van der Waals surface area contributed by atoms with Gasteiger partial charge >= 0.3 is 6.09 Å². The topological polar surface area (TPSA) is 81.6 Å². The highest BCUT2D eigenvalue weighted by molar-refractivity contribution is 5.67. The molecule has 0 bridgehead atoms. The van der Waals surface area contributed by atoms with Crippen LogP contribution in [-0.2, 0) is 4.74 Å². The number of amides is 1. The third-order valence-corrected chi connectivity index (χ3v) is 1.73. The van der Waals surface area contributed by atoms with E-state index in [2.05, 4.69) is 0 Å². The van der Waals surface area contributed by atoms with Gasteiger partial charge < -0.3 is 10.5 Å². The van der Waals surface area contributed by atoms with Crippen molar-refractivity contribution in [3.05, 3.63) is 0 Å². The Bertz CT molecular complexity index is 190. The second-order valence-corrected chi connectivity index (χ2v) is 4.52. The highest BCUT2D eigenvalue weighted by atomic mass is 16.6. The van der Waals surface area contributed by atoms with E-state index < -0.39 is 11.7 Å². The molecular weight excluding hydrogens is 194 g/mol. The summed E-state index contributed by atoms with van der Waals surface area (Å²) in [5, 5.41) is 1.11. The summed E-state index contributed by atoms with van der Waals surface area (Å²) in [6, 6.07) is 0. The maximum Gasteiger partial charge on any atom is 0.424 e. The van der Waals surface area contributed by atoms with Gasteiger partial charge in [-0.2, -0.15) is 0 Å². The first-order valence-corrected chi connectivity index (χ1v) is 5.32. The lowest BCUT2D eigenvalue weighted by atomic mass is 10.2. The van der Waals surface area contributed by atoms with Gasteiger partial charge in [-0.05, 0) is 40.2 Å². The summed E-state index contributed by atoms with van der Waals surface area (Å²) in [6.45, 7) is 6.62. The molecule has 0 aliphatic rings. The summed E-state index contributed by atoms with van der Waals surface area (Å²) in [5.74, 6) is 5.53. The molecule has 0 spiro atoms. The Hall–Kier alpha value is -0.810. The van der Waals surface area contributed by atoms with Crippen molar-refractivity contribution in [3.63, 3.8) is 0 Å². The highest BCUT2D eigenvalue weighted by Gasteiger charge is 2.19. The van der Waals surface area contributed by atoms with Crippen molar-refractivity contribution in [2.24, 2.45) is 11.6 Å².